The predicted molar refractivity (Wildman–Crippen MR) is 110 cm³/mol. The molecule has 160 valence electrons. The molecule has 1 heterocycles. The van der Waals surface area contributed by atoms with Gasteiger partial charge in [0.05, 0.1) is 26.4 Å². The van der Waals surface area contributed by atoms with Crippen LogP contribution in [0.4, 0.5) is 0 Å². The van der Waals surface area contributed by atoms with Gasteiger partial charge in [-0.25, -0.2) is 4.79 Å². The normalized spacial score (nSPS) is 23.5. The summed E-state index contributed by atoms with van der Waals surface area (Å²) in [4.78, 5) is 38.8. The number of ketones is 1. The fraction of sp³-hybridized carbons (Fsp3) is 0.435. The number of hydrogen-bond acceptors (Lipinski definition) is 7. The van der Waals surface area contributed by atoms with Crippen LogP contribution in [0.25, 0.3) is 0 Å². The topological polar surface area (TPSA) is 90.9 Å². The third-order valence-corrected chi connectivity index (χ3v) is 5.67. The molecule has 0 amide bonds. The van der Waals surface area contributed by atoms with Gasteiger partial charge in [-0.05, 0) is 43.9 Å². The first-order chi connectivity index (χ1) is 14.3. The van der Waals surface area contributed by atoms with Gasteiger partial charge in [-0.3, -0.25) is 9.59 Å². The summed E-state index contributed by atoms with van der Waals surface area (Å²) >= 11 is 0. The van der Waals surface area contributed by atoms with E-state index in [2.05, 4.69) is 5.32 Å². The highest BCUT2D eigenvalue weighted by Gasteiger charge is 2.47. The molecular weight excluding hydrogens is 386 g/mol. The summed E-state index contributed by atoms with van der Waals surface area (Å²) < 4.78 is 15.5. The van der Waals surface area contributed by atoms with Crippen LogP contribution in [0.15, 0.2) is 46.8 Å². The van der Waals surface area contributed by atoms with Crippen molar-refractivity contribution in [3.8, 4) is 5.75 Å². The zero-order chi connectivity index (χ0) is 22.0. The van der Waals surface area contributed by atoms with Gasteiger partial charge in [0.25, 0.3) is 0 Å². The van der Waals surface area contributed by atoms with Crippen LogP contribution in [0, 0.1) is 11.8 Å². The summed E-state index contributed by atoms with van der Waals surface area (Å²) in [6.45, 7) is 5.59. The fourth-order valence-electron chi connectivity index (χ4n) is 4.31. The number of carbonyl (C=O) groups excluding carboxylic acids is 3. The van der Waals surface area contributed by atoms with Crippen LogP contribution in [0.5, 0.6) is 5.75 Å². The third kappa shape index (κ3) is 3.72. The fourth-order valence-corrected chi connectivity index (χ4v) is 4.31. The zero-order valence-electron chi connectivity index (χ0n) is 17.9. The number of allylic oxidation sites excluding steroid dienone is 3. The van der Waals surface area contributed by atoms with Crippen LogP contribution in [0.2, 0.25) is 0 Å². The van der Waals surface area contributed by atoms with E-state index in [0.717, 1.165) is 11.3 Å². The van der Waals surface area contributed by atoms with E-state index in [4.69, 9.17) is 14.2 Å². The zero-order valence-corrected chi connectivity index (χ0v) is 17.9. The number of hydrogen-bond donors (Lipinski definition) is 1. The first-order valence-electron chi connectivity index (χ1n) is 9.97. The molecule has 3 atom stereocenters. The second kappa shape index (κ2) is 8.73. The van der Waals surface area contributed by atoms with Gasteiger partial charge >= 0.3 is 11.9 Å². The van der Waals surface area contributed by atoms with E-state index in [1.165, 1.54) is 7.11 Å². The largest absolute Gasteiger partial charge is 0.497 e. The van der Waals surface area contributed by atoms with E-state index in [1.807, 2.05) is 19.1 Å². The molecule has 0 fully saturated rings. The summed E-state index contributed by atoms with van der Waals surface area (Å²) in [6.07, 6.45) is 0.495. The van der Waals surface area contributed by atoms with Gasteiger partial charge < -0.3 is 19.5 Å². The highest BCUT2D eigenvalue weighted by molar-refractivity contribution is 6.12. The van der Waals surface area contributed by atoms with Crippen molar-refractivity contribution < 1.29 is 28.6 Å². The summed E-state index contributed by atoms with van der Waals surface area (Å²) in [5, 5.41) is 3.23. The standard InChI is InChI=1S/C23H27NO6/c1-6-30-23(27)18-13(3)24-16-10-12(2)17(22(26)29-5)21(25)20(16)19(18)14-8-7-9-15(11-14)28-4/h7-9,11-12,17,19,24H,6,10H2,1-5H3/t12-,17-,19-/m1/s1. The van der Waals surface area contributed by atoms with Crippen LogP contribution in [0.3, 0.4) is 0 Å². The smallest absolute Gasteiger partial charge is 0.336 e. The van der Waals surface area contributed by atoms with Gasteiger partial charge in [0.2, 0.25) is 0 Å². The van der Waals surface area contributed by atoms with Gasteiger partial charge in [-0.2, -0.15) is 0 Å². The molecule has 1 N–H and O–H groups in total. The Morgan fingerprint density at radius 2 is 1.97 bits per heavy atom. The maximum Gasteiger partial charge on any atom is 0.336 e. The number of methoxy groups -OCH3 is 2. The van der Waals surface area contributed by atoms with Crippen LogP contribution < -0.4 is 10.1 Å². The number of benzene rings is 1. The van der Waals surface area contributed by atoms with Crippen molar-refractivity contribution >= 4 is 17.7 Å². The number of rotatable bonds is 5. The molecule has 1 aromatic rings. The molecule has 0 saturated heterocycles. The average molecular weight is 413 g/mol. The maximum atomic E-state index is 13.5. The first kappa shape index (κ1) is 21.6. The lowest BCUT2D eigenvalue weighted by atomic mass is 9.69. The van der Waals surface area contributed by atoms with E-state index in [0.29, 0.717) is 29.0 Å². The summed E-state index contributed by atoms with van der Waals surface area (Å²) in [5.41, 5.74) is 2.85. The van der Waals surface area contributed by atoms with Crippen molar-refractivity contribution in [1.82, 2.24) is 5.32 Å². The molecule has 30 heavy (non-hydrogen) atoms. The molecule has 0 saturated carbocycles. The van der Waals surface area contributed by atoms with Crippen LogP contribution in [-0.4, -0.2) is 38.5 Å². The molecule has 1 aliphatic heterocycles. The van der Waals surface area contributed by atoms with Crippen LogP contribution in [0.1, 0.15) is 38.7 Å². The highest BCUT2D eigenvalue weighted by atomic mass is 16.5. The molecule has 0 unspecified atom stereocenters. The van der Waals surface area contributed by atoms with Crippen molar-refractivity contribution in [1.29, 1.82) is 0 Å². The lowest BCUT2D eigenvalue weighted by molar-refractivity contribution is -0.151. The van der Waals surface area contributed by atoms with E-state index in [-0.39, 0.29) is 18.3 Å². The Labute approximate surface area is 176 Å². The van der Waals surface area contributed by atoms with Crippen molar-refractivity contribution in [2.45, 2.75) is 33.1 Å². The van der Waals surface area contributed by atoms with Gasteiger partial charge in [0.1, 0.15) is 11.7 Å². The number of dihydropyridines is 1. The molecule has 1 aromatic carbocycles. The molecule has 0 radical (unpaired) electrons. The molecule has 3 rings (SSSR count). The number of ether oxygens (including phenoxy) is 3. The molecule has 0 aromatic heterocycles. The Bertz CT molecular complexity index is 945. The van der Waals surface area contributed by atoms with Crippen molar-refractivity contribution in [2.24, 2.45) is 11.8 Å². The molecule has 1 aliphatic carbocycles. The molecule has 0 bridgehead atoms. The minimum Gasteiger partial charge on any atom is -0.497 e. The van der Waals surface area contributed by atoms with Crippen molar-refractivity contribution in [3.05, 3.63) is 52.4 Å². The predicted octanol–water partition coefficient (Wildman–Crippen LogP) is 2.87. The quantitative estimate of drug-likeness (QED) is 0.586. The molecule has 0 spiro atoms. The average Bonchev–Trinajstić information content (AvgIpc) is 2.72. The Morgan fingerprint density at radius 1 is 1.23 bits per heavy atom. The Morgan fingerprint density at radius 3 is 2.60 bits per heavy atom. The minimum absolute atomic E-state index is 0.210. The number of Topliss-reactive ketones (excluding diaryl/α,β-unsaturated/α-hetero) is 1. The summed E-state index contributed by atoms with van der Waals surface area (Å²) in [5.74, 6) is -2.58. The first-order valence-corrected chi connectivity index (χ1v) is 9.97. The number of esters is 2. The second-order valence-electron chi connectivity index (χ2n) is 7.53. The highest BCUT2D eigenvalue weighted by Crippen LogP contribution is 2.45. The van der Waals surface area contributed by atoms with E-state index >= 15 is 0 Å². The Hall–Kier alpha value is -3.09. The summed E-state index contributed by atoms with van der Waals surface area (Å²) in [6, 6.07) is 7.24. The number of nitrogens with one attached hydrogen (secondary N) is 1. The third-order valence-electron chi connectivity index (χ3n) is 5.67. The molecule has 7 heteroatoms. The SMILES string of the molecule is CCOC(=O)C1=C(C)NC2=C(C(=O)[C@H](C(=O)OC)[C@H](C)C2)[C@@H]1c1cccc(OC)c1. The second-order valence-corrected chi connectivity index (χ2v) is 7.53. The van der Waals surface area contributed by atoms with Crippen molar-refractivity contribution in [2.75, 3.05) is 20.8 Å². The Balaban J connectivity index is 2.20. The van der Waals surface area contributed by atoms with Gasteiger partial charge in [0, 0.05) is 22.9 Å². The minimum atomic E-state index is -0.912. The lowest BCUT2D eigenvalue weighted by Gasteiger charge is -2.38. The Kier molecular flexibility index (Phi) is 6.29. The monoisotopic (exact) mass is 413 g/mol. The molecule has 7 nitrogen and oxygen atoms in total. The van der Waals surface area contributed by atoms with Gasteiger partial charge in [0.15, 0.2) is 5.78 Å². The maximum absolute atomic E-state index is 13.5. The van der Waals surface area contributed by atoms with E-state index in [9.17, 15) is 14.4 Å². The number of carbonyl (C=O) groups is 3. The molecule has 2 aliphatic rings. The van der Waals surface area contributed by atoms with Gasteiger partial charge in [-0.1, -0.05) is 19.1 Å². The van der Waals surface area contributed by atoms with Crippen LogP contribution >= 0.6 is 0 Å². The van der Waals surface area contributed by atoms with E-state index in [1.54, 1.807) is 33.1 Å². The summed E-state index contributed by atoms with van der Waals surface area (Å²) in [7, 11) is 2.83. The van der Waals surface area contributed by atoms with Gasteiger partial charge in [-0.15, -0.1) is 0 Å². The molecular formula is C23H27NO6. The van der Waals surface area contributed by atoms with Crippen LogP contribution in [-0.2, 0) is 23.9 Å². The van der Waals surface area contributed by atoms with E-state index < -0.39 is 23.8 Å². The van der Waals surface area contributed by atoms with Crippen molar-refractivity contribution in [3.63, 3.8) is 0 Å². The lowest BCUT2D eigenvalue weighted by Crippen LogP contribution is -2.43.